The zero-order chi connectivity index (χ0) is 15.5. The van der Waals surface area contributed by atoms with Crippen LogP contribution in [0, 0.1) is 0 Å². The first kappa shape index (κ1) is 20.8. The SMILES string of the molecule is CCNC(=NCc1ccc(OC)c(O)c1)NCCCOC.I. The first-order valence-corrected chi connectivity index (χ1v) is 7.08. The molecule has 0 atom stereocenters. The van der Waals surface area contributed by atoms with E-state index in [0.717, 1.165) is 37.6 Å². The van der Waals surface area contributed by atoms with Crippen molar-refractivity contribution in [3.8, 4) is 11.5 Å². The predicted molar refractivity (Wildman–Crippen MR) is 99.4 cm³/mol. The lowest BCUT2D eigenvalue weighted by Crippen LogP contribution is -2.38. The highest BCUT2D eigenvalue weighted by molar-refractivity contribution is 14.0. The molecule has 0 heterocycles. The Morgan fingerprint density at radius 1 is 1.27 bits per heavy atom. The van der Waals surface area contributed by atoms with Gasteiger partial charge in [0.1, 0.15) is 0 Å². The van der Waals surface area contributed by atoms with Gasteiger partial charge < -0.3 is 25.2 Å². The number of aliphatic imine (C=N–C) groups is 1. The summed E-state index contributed by atoms with van der Waals surface area (Å²) in [6.45, 7) is 4.82. The van der Waals surface area contributed by atoms with Crippen molar-refractivity contribution < 1.29 is 14.6 Å². The second-order valence-electron chi connectivity index (χ2n) is 4.47. The molecule has 0 radical (unpaired) electrons. The van der Waals surface area contributed by atoms with Gasteiger partial charge in [0, 0.05) is 26.8 Å². The summed E-state index contributed by atoms with van der Waals surface area (Å²) in [5.41, 5.74) is 0.919. The number of methoxy groups -OCH3 is 2. The number of hydrogen-bond donors (Lipinski definition) is 3. The van der Waals surface area contributed by atoms with E-state index in [1.165, 1.54) is 7.11 Å². The van der Waals surface area contributed by atoms with E-state index < -0.39 is 0 Å². The Morgan fingerprint density at radius 3 is 2.64 bits per heavy atom. The number of phenolic OH excluding ortho intramolecular Hbond substituents is 1. The fraction of sp³-hybridized carbons (Fsp3) is 0.533. The van der Waals surface area contributed by atoms with Gasteiger partial charge in [0.15, 0.2) is 17.5 Å². The van der Waals surface area contributed by atoms with Gasteiger partial charge in [0.25, 0.3) is 0 Å². The summed E-state index contributed by atoms with van der Waals surface area (Å²) in [4.78, 5) is 4.48. The van der Waals surface area contributed by atoms with Gasteiger partial charge in [-0.3, -0.25) is 0 Å². The van der Waals surface area contributed by atoms with Crippen LogP contribution in [0.5, 0.6) is 11.5 Å². The molecule has 1 aromatic rings. The maximum absolute atomic E-state index is 9.74. The van der Waals surface area contributed by atoms with Crippen LogP contribution in [0.2, 0.25) is 0 Å². The van der Waals surface area contributed by atoms with Gasteiger partial charge in [-0.05, 0) is 31.0 Å². The third-order valence-corrected chi connectivity index (χ3v) is 2.82. The maximum atomic E-state index is 9.74. The van der Waals surface area contributed by atoms with Gasteiger partial charge in [0.05, 0.1) is 13.7 Å². The third kappa shape index (κ3) is 7.69. The van der Waals surface area contributed by atoms with Crippen molar-refractivity contribution in [1.82, 2.24) is 10.6 Å². The van der Waals surface area contributed by atoms with Crippen LogP contribution in [0.15, 0.2) is 23.2 Å². The molecule has 0 aliphatic rings. The highest BCUT2D eigenvalue weighted by Crippen LogP contribution is 2.26. The topological polar surface area (TPSA) is 75.1 Å². The maximum Gasteiger partial charge on any atom is 0.191 e. The number of guanidine groups is 1. The van der Waals surface area contributed by atoms with Crippen LogP contribution < -0.4 is 15.4 Å². The highest BCUT2D eigenvalue weighted by Gasteiger charge is 2.02. The van der Waals surface area contributed by atoms with E-state index in [2.05, 4.69) is 15.6 Å². The molecule has 0 aromatic heterocycles. The molecule has 0 aliphatic carbocycles. The molecule has 0 aliphatic heterocycles. The number of rotatable bonds is 8. The van der Waals surface area contributed by atoms with Crippen molar-refractivity contribution >= 4 is 29.9 Å². The molecule has 6 nitrogen and oxygen atoms in total. The lowest BCUT2D eigenvalue weighted by Gasteiger charge is -2.11. The quantitative estimate of drug-likeness (QED) is 0.259. The Morgan fingerprint density at radius 2 is 2.05 bits per heavy atom. The lowest BCUT2D eigenvalue weighted by atomic mass is 10.2. The summed E-state index contributed by atoms with van der Waals surface area (Å²) in [6.07, 6.45) is 0.921. The van der Waals surface area contributed by atoms with Crippen molar-refractivity contribution in [2.75, 3.05) is 33.9 Å². The van der Waals surface area contributed by atoms with Gasteiger partial charge in [-0.1, -0.05) is 6.07 Å². The summed E-state index contributed by atoms with van der Waals surface area (Å²) in [5.74, 6) is 1.35. The number of nitrogens with one attached hydrogen (secondary N) is 2. The van der Waals surface area contributed by atoms with Crippen molar-refractivity contribution in [1.29, 1.82) is 0 Å². The van der Waals surface area contributed by atoms with E-state index in [4.69, 9.17) is 9.47 Å². The minimum Gasteiger partial charge on any atom is -0.504 e. The van der Waals surface area contributed by atoms with E-state index in [-0.39, 0.29) is 29.7 Å². The second-order valence-corrected chi connectivity index (χ2v) is 4.47. The number of aromatic hydroxyl groups is 1. The molecule has 1 aromatic carbocycles. The smallest absolute Gasteiger partial charge is 0.191 e. The average Bonchev–Trinajstić information content (AvgIpc) is 2.49. The van der Waals surface area contributed by atoms with E-state index >= 15 is 0 Å². The van der Waals surface area contributed by atoms with Gasteiger partial charge >= 0.3 is 0 Å². The van der Waals surface area contributed by atoms with Gasteiger partial charge in [-0.25, -0.2) is 4.99 Å². The summed E-state index contributed by atoms with van der Waals surface area (Å²) in [7, 11) is 3.22. The number of phenols is 1. The molecule has 1 rings (SSSR count). The molecule has 0 bridgehead atoms. The minimum absolute atomic E-state index is 0. The molecular weight excluding hydrogens is 397 g/mol. The van der Waals surface area contributed by atoms with Crippen molar-refractivity contribution in [3.05, 3.63) is 23.8 Å². The van der Waals surface area contributed by atoms with Gasteiger partial charge in [-0.15, -0.1) is 24.0 Å². The second kappa shape index (κ2) is 12.3. The number of ether oxygens (including phenoxy) is 2. The highest BCUT2D eigenvalue weighted by atomic mass is 127. The molecule has 0 saturated heterocycles. The van der Waals surface area contributed by atoms with Crippen molar-refractivity contribution in [2.24, 2.45) is 4.99 Å². The molecule has 126 valence electrons. The molecule has 22 heavy (non-hydrogen) atoms. The molecule has 7 heteroatoms. The normalized spacial score (nSPS) is 10.8. The minimum atomic E-state index is 0. The van der Waals surface area contributed by atoms with E-state index in [0.29, 0.717) is 12.3 Å². The number of hydrogen-bond acceptors (Lipinski definition) is 4. The van der Waals surface area contributed by atoms with Crippen LogP contribution in [-0.4, -0.2) is 45.0 Å². The zero-order valence-electron chi connectivity index (χ0n) is 13.4. The molecule has 3 N–H and O–H groups in total. The fourth-order valence-electron chi connectivity index (χ4n) is 1.77. The summed E-state index contributed by atoms with van der Waals surface area (Å²) in [6, 6.07) is 5.28. The van der Waals surface area contributed by atoms with E-state index in [9.17, 15) is 5.11 Å². The standard InChI is InChI=1S/C15H25N3O3.HI/c1-4-16-15(17-8-5-9-20-2)18-11-12-6-7-14(21-3)13(19)10-12;/h6-7,10,19H,4-5,8-9,11H2,1-3H3,(H2,16,17,18);1H. The number of nitrogens with zero attached hydrogens (tertiary/aromatic N) is 1. The van der Waals surface area contributed by atoms with Crippen LogP contribution >= 0.6 is 24.0 Å². The largest absolute Gasteiger partial charge is 0.504 e. The van der Waals surface area contributed by atoms with Crippen LogP contribution in [-0.2, 0) is 11.3 Å². The van der Waals surface area contributed by atoms with Crippen LogP contribution in [0.25, 0.3) is 0 Å². The third-order valence-electron chi connectivity index (χ3n) is 2.82. The molecule has 0 spiro atoms. The molecule has 0 saturated carbocycles. The van der Waals surface area contributed by atoms with Crippen molar-refractivity contribution in [2.45, 2.75) is 19.9 Å². The first-order valence-electron chi connectivity index (χ1n) is 7.08. The molecule has 0 fully saturated rings. The Labute approximate surface area is 149 Å². The Hall–Kier alpha value is -1.22. The summed E-state index contributed by atoms with van der Waals surface area (Å²) in [5, 5.41) is 16.2. The fourth-order valence-corrected chi connectivity index (χ4v) is 1.77. The van der Waals surface area contributed by atoms with E-state index in [1.54, 1.807) is 19.2 Å². The van der Waals surface area contributed by atoms with Gasteiger partial charge in [-0.2, -0.15) is 0 Å². The average molecular weight is 423 g/mol. The summed E-state index contributed by atoms with van der Waals surface area (Å²) >= 11 is 0. The Balaban J connectivity index is 0.00000441. The van der Waals surface area contributed by atoms with Crippen LogP contribution in [0.3, 0.4) is 0 Å². The lowest BCUT2D eigenvalue weighted by molar-refractivity contribution is 0.195. The van der Waals surface area contributed by atoms with Crippen molar-refractivity contribution in [3.63, 3.8) is 0 Å². The molecule has 0 amide bonds. The van der Waals surface area contributed by atoms with Crippen LogP contribution in [0.1, 0.15) is 18.9 Å². The Bertz CT molecular complexity index is 456. The van der Waals surface area contributed by atoms with Gasteiger partial charge in [0.2, 0.25) is 0 Å². The zero-order valence-corrected chi connectivity index (χ0v) is 15.7. The summed E-state index contributed by atoms with van der Waals surface area (Å²) < 4.78 is 10.0. The number of benzene rings is 1. The molecular formula is C15H26IN3O3. The first-order chi connectivity index (χ1) is 10.2. The van der Waals surface area contributed by atoms with E-state index in [1.807, 2.05) is 13.0 Å². The molecule has 0 unspecified atom stereocenters. The van der Waals surface area contributed by atoms with Crippen LogP contribution in [0.4, 0.5) is 0 Å². The monoisotopic (exact) mass is 423 g/mol. The predicted octanol–water partition coefficient (Wildman–Crippen LogP) is 2.11. The Kier molecular flexibility index (Phi) is 11.7. The number of halogens is 1.